The molecule has 1 saturated heterocycles. The molecule has 2 aromatic rings. The minimum absolute atomic E-state index is 0.0137. The summed E-state index contributed by atoms with van der Waals surface area (Å²) in [4.78, 5) is 1.53. The standard InChI is InChI=1S/C25H38N2O2/c1-20-8-10-21(11-9-20)22(23-7-6-15-28-23)12-14-26-18-25(19-27(4)5)13-16-29-24(2,3)17-25/h6-11,15,22,26H,12-14,16-19H2,1-5H3/p+2/t22-,25+/m0/s1. The molecule has 1 aliphatic heterocycles. The van der Waals surface area contributed by atoms with Crippen molar-refractivity contribution in [2.75, 3.05) is 40.3 Å². The third kappa shape index (κ3) is 6.18. The molecule has 4 nitrogen and oxygen atoms in total. The normalized spacial score (nSPS) is 22.7. The monoisotopic (exact) mass is 400 g/mol. The predicted octanol–water partition coefficient (Wildman–Crippen LogP) is 2.39. The van der Waals surface area contributed by atoms with Gasteiger partial charge in [0.15, 0.2) is 0 Å². The van der Waals surface area contributed by atoms with Gasteiger partial charge in [0, 0.05) is 18.9 Å². The van der Waals surface area contributed by atoms with Gasteiger partial charge in [-0.1, -0.05) is 29.8 Å². The van der Waals surface area contributed by atoms with Crippen LogP contribution < -0.4 is 10.2 Å². The van der Waals surface area contributed by atoms with Crippen molar-refractivity contribution >= 4 is 0 Å². The minimum atomic E-state index is -0.0137. The maximum atomic E-state index is 6.03. The van der Waals surface area contributed by atoms with Crippen LogP contribution in [0.1, 0.15) is 55.9 Å². The average Bonchev–Trinajstić information content (AvgIpc) is 3.15. The number of benzene rings is 1. The van der Waals surface area contributed by atoms with Gasteiger partial charge in [-0.25, -0.2) is 0 Å². The van der Waals surface area contributed by atoms with Gasteiger partial charge in [0.1, 0.15) is 5.76 Å². The van der Waals surface area contributed by atoms with E-state index < -0.39 is 0 Å². The highest BCUT2D eigenvalue weighted by Gasteiger charge is 2.44. The lowest BCUT2D eigenvalue weighted by molar-refractivity contribution is -0.870. The number of hydrogen-bond donors (Lipinski definition) is 2. The average molecular weight is 401 g/mol. The Morgan fingerprint density at radius 1 is 1.14 bits per heavy atom. The Labute approximate surface area is 176 Å². The first-order valence-corrected chi connectivity index (χ1v) is 11.1. The van der Waals surface area contributed by atoms with E-state index in [1.54, 1.807) is 6.26 Å². The smallest absolute Gasteiger partial charge is 0.111 e. The predicted molar refractivity (Wildman–Crippen MR) is 117 cm³/mol. The molecular formula is C25H40N2O2+2. The topological polar surface area (TPSA) is 43.4 Å². The summed E-state index contributed by atoms with van der Waals surface area (Å²) in [5.74, 6) is 1.39. The van der Waals surface area contributed by atoms with Gasteiger partial charge in [-0.2, -0.15) is 0 Å². The molecule has 0 radical (unpaired) electrons. The van der Waals surface area contributed by atoms with Gasteiger partial charge >= 0.3 is 0 Å². The second kappa shape index (κ2) is 9.46. The number of quaternary nitrogens is 2. The Kier molecular flexibility index (Phi) is 7.20. The van der Waals surface area contributed by atoms with E-state index in [0.717, 1.165) is 38.2 Å². The summed E-state index contributed by atoms with van der Waals surface area (Å²) in [5.41, 5.74) is 2.98. The number of nitrogens with two attached hydrogens (primary N) is 1. The number of ether oxygens (including phenoxy) is 1. The van der Waals surface area contributed by atoms with E-state index >= 15 is 0 Å². The van der Waals surface area contributed by atoms with Crippen LogP contribution in [0, 0.1) is 12.3 Å². The Balaban J connectivity index is 1.63. The fourth-order valence-electron chi connectivity index (χ4n) is 5.19. The SMILES string of the molecule is Cc1ccc([C@H](CC[NH2+]C[C@@]2(C[NH+](C)C)CCOC(C)(C)C2)c2ccco2)cc1. The zero-order chi connectivity index (χ0) is 20.9. The zero-order valence-electron chi connectivity index (χ0n) is 19.0. The molecule has 1 aromatic carbocycles. The lowest BCUT2D eigenvalue weighted by atomic mass is 9.73. The highest BCUT2D eigenvalue weighted by molar-refractivity contribution is 5.29. The molecule has 1 aromatic heterocycles. The second-order valence-corrected chi connectivity index (χ2v) is 9.97. The van der Waals surface area contributed by atoms with E-state index in [4.69, 9.17) is 9.15 Å². The molecule has 1 aliphatic rings. The molecule has 0 saturated carbocycles. The summed E-state index contributed by atoms with van der Waals surface area (Å²) in [5, 5.41) is 2.54. The van der Waals surface area contributed by atoms with Crippen molar-refractivity contribution in [3.05, 3.63) is 59.5 Å². The molecule has 160 valence electrons. The van der Waals surface area contributed by atoms with Crippen LogP contribution in [0.5, 0.6) is 0 Å². The quantitative estimate of drug-likeness (QED) is 0.635. The van der Waals surface area contributed by atoms with Crippen LogP contribution in [0.4, 0.5) is 0 Å². The van der Waals surface area contributed by atoms with Gasteiger partial charge in [0.2, 0.25) is 0 Å². The van der Waals surface area contributed by atoms with Crippen LogP contribution >= 0.6 is 0 Å². The van der Waals surface area contributed by atoms with E-state index in [1.165, 1.54) is 29.1 Å². The minimum Gasteiger partial charge on any atom is -0.469 e. The van der Waals surface area contributed by atoms with Crippen LogP contribution in [0.25, 0.3) is 0 Å². The summed E-state index contributed by atoms with van der Waals surface area (Å²) < 4.78 is 11.8. The summed E-state index contributed by atoms with van der Waals surface area (Å²) >= 11 is 0. The lowest BCUT2D eigenvalue weighted by Crippen LogP contribution is -3.08. The molecular weight excluding hydrogens is 360 g/mol. The van der Waals surface area contributed by atoms with Crippen LogP contribution in [0.3, 0.4) is 0 Å². The van der Waals surface area contributed by atoms with Crippen LogP contribution in [-0.2, 0) is 4.74 Å². The molecule has 0 amide bonds. The summed E-state index contributed by atoms with van der Waals surface area (Å²) in [6.07, 6.45) is 5.18. The largest absolute Gasteiger partial charge is 0.469 e. The number of nitrogens with one attached hydrogen (secondary N) is 1. The van der Waals surface area contributed by atoms with Crippen LogP contribution in [0.2, 0.25) is 0 Å². The second-order valence-electron chi connectivity index (χ2n) is 9.97. The lowest BCUT2D eigenvalue weighted by Gasteiger charge is -2.43. The molecule has 0 aliphatic carbocycles. The summed E-state index contributed by atoms with van der Waals surface area (Å²) in [6.45, 7) is 11.0. The van der Waals surface area contributed by atoms with Gasteiger partial charge in [-0.3, -0.25) is 0 Å². The van der Waals surface area contributed by atoms with Crippen molar-refractivity contribution in [2.45, 2.75) is 51.6 Å². The number of furan rings is 1. The van der Waals surface area contributed by atoms with E-state index in [9.17, 15) is 0 Å². The van der Waals surface area contributed by atoms with Crippen molar-refractivity contribution in [1.82, 2.24) is 0 Å². The Morgan fingerprint density at radius 3 is 2.52 bits per heavy atom. The Morgan fingerprint density at radius 2 is 1.90 bits per heavy atom. The number of rotatable bonds is 9. The van der Waals surface area contributed by atoms with Crippen molar-refractivity contribution in [3.63, 3.8) is 0 Å². The van der Waals surface area contributed by atoms with E-state index in [2.05, 4.69) is 70.5 Å². The molecule has 0 unspecified atom stereocenters. The third-order valence-electron chi connectivity index (χ3n) is 6.26. The van der Waals surface area contributed by atoms with Crippen molar-refractivity contribution < 1.29 is 19.4 Å². The summed E-state index contributed by atoms with van der Waals surface area (Å²) in [7, 11) is 4.54. The highest BCUT2D eigenvalue weighted by Crippen LogP contribution is 2.37. The molecule has 4 heteroatoms. The first-order valence-electron chi connectivity index (χ1n) is 11.1. The molecule has 1 fully saturated rings. The molecule has 0 bridgehead atoms. The van der Waals surface area contributed by atoms with Gasteiger partial charge in [0.05, 0.1) is 51.0 Å². The molecule has 3 N–H and O–H groups in total. The third-order valence-corrected chi connectivity index (χ3v) is 6.26. The van der Waals surface area contributed by atoms with Crippen LogP contribution in [0.15, 0.2) is 47.1 Å². The number of aryl methyl sites for hydroxylation is 1. The van der Waals surface area contributed by atoms with Gasteiger partial charge in [-0.05, 0) is 51.3 Å². The Hall–Kier alpha value is -1.62. The molecule has 0 spiro atoms. The first kappa shape index (κ1) is 22.1. The molecule has 2 heterocycles. The van der Waals surface area contributed by atoms with Crippen molar-refractivity contribution in [3.8, 4) is 0 Å². The van der Waals surface area contributed by atoms with Gasteiger partial charge < -0.3 is 19.4 Å². The zero-order valence-corrected chi connectivity index (χ0v) is 19.0. The fraction of sp³-hybridized carbons (Fsp3) is 0.600. The molecule has 2 atom stereocenters. The van der Waals surface area contributed by atoms with Crippen molar-refractivity contribution in [1.29, 1.82) is 0 Å². The maximum absolute atomic E-state index is 6.03. The van der Waals surface area contributed by atoms with Gasteiger partial charge in [-0.15, -0.1) is 0 Å². The van der Waals surface area contributed by atoms with Crippen molar-refractivity contribution in [2.24, 2.45) is 5.41 Å². The van der Waals surface area contributed by atoms with Crippen LogP contribution in [-0.4, -0.2) is 45.9 Å². The maximum Gasteiger partial charge on any atom is 0.111 e. The Bertz CT molecular complexity index is 737. The summed E-state index contributed by atoms with van der Waals surface area (Å²) in [6, 6.07) is 13.0. The highest BCUT2D eigenvalue weighted by atomic mass is 16.5. The van der Waals surface area contributed by atoms with E-state index in [1.807, 2.05) is 6.07 Å². The number of hydrogen-bond acceptors (Lipinski definition) is 2. The molecule has 29 heavy (non-hydrogen) atoms. The van der Waals surface area contributed by atoms with Gasteiger partial charge in [0.25, 0.3) is 0 Å². The first-order chi connectivity index (χ1) is 13.8. The van der Waals surface area contributed by atoms with E-state index in [-0.39, 0.29) is 5.60 Å². The fourth-order valence-corrected chi connectivity index (χ4v) is 5.19. The molecule has 3 rings (SSSR count). The van der Waals surface area contributed by atoms with E-state index in [0.29, 0.717) is 11.3 Å².